The molecule has 0 radical (unpaired) electrons. The van der Waals surface area contributed by atoms with Gasteiger partial charge < -0.3 is 20.1 Å². The number of imidazole rings is 1. The molecule has 2 aromatic rings. The van der Waals surface area contributed by atoms with Gasteiger partial charge in [-0.1, -0.05) is 6.07 Å². The molecule has 26 heavy (non-hydrogen) atoms. The summed E-state index contributed by atoms with van der Waals surface area (Å²) in [6.45, 7) is 4.93. The molecule has 0 spiro atoms. The Hall–Kier alpha value is -2.35. The van der Waals surface area contributed by atoms with E-state index in [2.05, 4.69) is 15.6 Å². The molecule has 3 amide bonds. The van der Waals surface area contributed by atoms with Crippen molar-refractivity contribution >= 4 is 23.3 Å². The number of rotatable bonds is 6. The standard InChI is InChI=1S/C18H25N5O2S/c1-14-19-6-9-22(14)10-7-20-17(24)15-4-2-8-23(13-15)18(25)21-12-16-5-3-11-26-16/h3,5-6,9,11,15H,2,4,7-8,10,12-13H2,1H3,(H,20,24)(H,21,25). The van der Waals surface area contributed by atoms with Crippen molar-refractivity contribution in [2.75, 3.05) is 19.6 Å². The number of amides is 3. The zero-order valence-electron chi connectivity index (χ0n) is 15.0. The SMILES string of the molecule is Cc1nccn1CCNC(=O)C1CCCN(C(=O)NCc2cccs2)C1. The van der Waals surface area contributed by atoms with Gasteiger partial charge in [-0.05, 0) is 31.2 Å². The lowest BCUT2D eigenvalue weighted by molar-refractivity contribution is -0.126. The van der Waals surface area contributed by atoms with Crippen molar-refractivity contribution < 1.29 is 9.59 Å². The number of hydrogen-bond donors (Lipinski definition) is 2. The Morgan fingerprint density at radius 3 is 3.00 bits per heavy atom. The van der Waals surface area contributed by atoms with E-state index in [-0.39, 0.29) is 17.9 Å². The maximum Gasteiger partial charge on any atom is 0.317 e. The minimum absolute atomic E-state index is 0.0264. The number of likely N-dealkylation sites (tertiary alicyclic amines) is 1. The van der Waals surface area contributed by atoms with Crippen LogP contribution in [0.1, 0.15) is 23.5 Å². The van der Waals surface area contributed by atoms with Crippen LogP contribution < -0.4 is 10.6 Å². The van der Waals surface area contributed by atoms with Gasteiger partial charge in [-0.25, -0.2) is 9.78 Å². The number of urea groups is 1. The fourth-order valence-electron chi connectivity index (χ4n) is 3.15. The first-order valence-corrected chi connectivity index (χ1v) is 9.82. The maximum atomic E-state index is 12.4. The van der Waals surface area contributed by atoms with E-state index >= 15 is 0 Å². The van der Waals surface area contributed by atoms with Crippen LogP contribution in [-0.4, -0.2) is 46.0 Å². The predicted octanol–water partition coefficient (Wildman–Crippen LogP) is 1.99. The second kappa shape index (κ2) is 8.84. The molecule has 1 aliphatic heterocycles. The summed E-state index contributed by atoms with van der Waals surface area (Å²) < 4.78 is 2.01. The molecule has 0 aliphatic carbocycles. The van der Waals surface area contributed by atoms with Crippen LogP contribution in [0.4, 0.5) is 4.79 Å². The highest BCUT2D eigenvalue weighted by Crippen LogP contribution is 2.17. The Balaban J connectivity index is 1.42. The van der Waals surface area contributed by atoms with E-state index in [1.54, 1.807) is 22.4 Å². The zero-order valence-corrected chi connectivity index (χ0v) is 15.8. The number of hydrogen-bond acceptors (Lipinski definition) is 4. The summed E-state index contributed by atoms with van der Waals surface area (Å²) in [5.41, 5.74) is 0. The molecule has 8 heteroatoms. The van der Waals surface area contributed by atoms with Crippen molar-refractivity contribution in [2.24, 2.45) is 5.92 Å². The summed E-state index contributed by atoms with van der Waals surface area (Å²) >= 11 is 1.62. The van der Waals surface area contributed by atoms with Crippen molar-refractivity contribution in [3.8, 4) is 0 Å². The Kier molecular flexibility index (Phi) is 6.27. The number of nitrogens with one attached hydrogen (secondary N) is 2. The van der Waals surface area contributed by atoms with Crippen LogP contribution in [0, 0.1) is 12.8 Å². The first-order chi connectivity index (χ1) is 12.6. The van der Waals surface area contributed by atoms with Gasteiger partial charge in [0, 0.05) is 43.4 Å². The number of aromatic nitrogens is 2. The third-order valence-electron chi connectivity index (χ3n) is 4.65. The molecular formula is C18H25N5O2S. The molecule has 0 bridgehead atoms. The van der Waals surface area contributed by atoms with E-state index in [1.807, 2.05) is 35.2 Å². The third-order valence-corrected chi connectivity index (χ3v) is 5.53. The normalized spacial score (nSPS) is 17.1. The lowest BCUT2D eigenvalue weighted by Crippen LogP contribution is -2.49. The first-order valence-electron chi connectivity index (χ1n) is 8.94. The molecule has 0 saturated carbocycles. The van der Waals surface area contributed by atoms with Gasteiger partial charge in [0.15, 0.2) is 0 Å². The van der Waals surface area contributed by atoms with E-state index < -0.39 is 0 Å². The number of carbonyl (C=O) groups is 2. The van der Waals surface area contributed by atoms with Crippen molar-refractivity contribution in [3.63, 3.8) is 0 Å². The Morgan fingerprint density at radius 2 is 2.27 bits per heavy atom. The minimum Gasteiger partial charge on any atom is -0.354 e. The first kappa shape index (κ1) is 18.4. The van der Waals surface area contributed by atoms with Gasteiger partial charge in [-0.3, -0.25) is 4.79 Å². The van der Waals surface area contributed by atoms with E-state index in [1.165, 1.54) is 0 Å². The average Bonchev–Trinajstić information content (AvgIpc) is 3.32. The van der Waals surface area contributed by atoms with Crippen LogP contribution in [0.3, 0.4) is 0 Å². The zero-order chi connectivity index (χ0) is 18.4. The van der Waals surface area contributed by atoms with E-state index in [0.717, 1.165) is 23.5 Å². The number of carbonyl (C=O) groups excluding carboxylic acids is 2. The van der Waals surface area contributed by atoms with Crippen molar-refractivity contribution in [3.05, 3.63) is 40.6 Å². The number of nitrogens with zero attached hydrogens (tertiary/aromatic N) is 3. The van der Waals surface area contributed by atoms with Gasteiger partial charge in [0.1, 0.15) is 5.82 Å². The molecule has 7 nitrogen and oxygen atoms in total. The Labute approximate surface area is 157 Å². The van der Waals surface area contributed by atoms with Gasteiger partial charge in [-0.2, -0.15) is 0 Å². The molecule has 2 aromatic heterocycles. The molecule has 2 N–H and O–H groups in total. The topological polar surface area (TPSA) is 79.3 Å². The van der Waals surface area contributed by atoms with E-state index in [4.69, 9.17) is 0 Å². The smallest absolute Gasteiger partial charge is 0.317 e. The highest BCUT2D eigenvalue weighted by Gasteiger charge is 2.28. The van der Waals surface area contributed by atoms with Gasteiger partial charge in [0.2, 0.25) is 5.91 Å². The lowest BCUT2D eigenvalue weighted by atomic mass is 9.97. The highest BCUT2D eigenvalue weighted by molar-refractivity contribution is 7.09. The van der Waals surface area contributed by atoms with Gasteiger partial charge in [0.05, 0.1) is 12.5 Å². The van der Waals surface area contributed by atoms with Crippen molar-refractivity contribution in [1.82, 2.24) is 25.1 Å². The Bertz CT molecular complexity index is 728. The predicted molar refractivity (Wildman–Crippen MR) is 101 cm³/mol. The second-order valence-corrected chi connectivity index (χ2v) is 7.51. The summed E-state index contributed by atoms with van der Waals surface area (Å²) in [6, 6.07) is 3.88. The third kappa shape index (κ3) is 4.85. The van der Waals surface area contributed by atoms with Crippen LogP contribution in [-0.2, 0) is 17.9 Å². The quantitative estimate of drug-likeness (QED) is 0.810. The lowest BCUT2D eigenvalue weighted by Gasteiger charge is -2.32. The van der Waals surface area contributed by atoms with Gasteiger partial charge in [0.25, 0.3) is 0 Å². The number of aryl methyl sites for hydroxylation is 1. The molecule has 3 heterocycles. The summed E-state index contributed by atoms with van der Waals surface area (Å²) in [7, 11) is 0. The molecule has 1 saturated heterocycles. The van der Waals surface area contributed by atoms with Gasteiger partial charge in [-0.15, -0.1) is 11.3 Å². The van der Waals surface area contributed by atoms with E-state index in [9.17, 15) is 9.59 Å². The molecule has 3 rings (SSSR count). The summed E-state index contributed by atoms with van der Waals surface area (Å²) in [5.74, 6) is 0.823. The highest BCUT2D eigenvalue weighted by atomic mass is 32.1. The van der Waals surface area contributed by atoms with Crippen molar-refractivity contribution in [2.45, 2.75) is 32.9 Å². The van der Waals surface area contributed by atoms with Crippen LogP contribution >= 0.6 is 11.3 Å². The number of thiophene rings is 1. The molecule has 140 valence electrons. The summed E-state index contributed by atoms with van der Waals surface area (Å²) in [6.07, 6.45) is 5.34. The van der Waals surface area contributed by atoms with Crippen LogP contribution in [0.2, 0.25) is 0 Å². The molecule has 1 unspecified atom stereocenters. The minimum atomic E-state index is -0.139. The fourth-order valence-corrected chi connectivity index (χ4v) is 3.79. The Morgan fingerprint density at radius 1 is 1.38 bits per heavy atom. The fraction of sp³-hybridized carbons (Fsp3) is 0.500. The average molecular weight is 375 g/mol. The monoisotopic (exact) mass is 375 g/mol. The van der Waals surface area contributed by atoms with E-state index in [0.29, 0.717) is 32.7 Å². The molecule has 1 fully saturated rings. The number of piperidine rings is 1. The molecule has 1 atom stereocenters. The maximum absolute atomic E-state index is 12.4. The van der Waals surface area contributed by atoms with Gasteiger partial charge >= 0.3 is 6.03 Å². The van der Waals surface area contributed by atoms with Crippen LogP contribution in [0.15, 0.2) is 29.9 Å². The summed E-state index contributed by atoms with van der Waals surface area (Å²) in [4.78, 5) is 31.8. The molecule has 0 aromatic carbocycles. The second-order valence-electron chi connectivity index (χ2n) is 6.48. The largest absolute Gasteiger partial charge is 0.354 e. The molecular weight excluding hydrogens is 350 g/mol. The van der Waals surface area contributed by atoms with Crippen LogP contribution in [0.5, 0.6) is 0 Å². The van der Waals surface area contributed by atoms with Crippen LogP contribution in [0.25, 0.3) is 0 Å². The summed E-state index contributed by atoms with van der Waals surface area (Å²) in [5, 5.41) is 7.92. The molecule has 1 aliphatic rings. The van der Waals surface area contributed by atoms with Crippen molar-refractivity contribution in [1.29, 1.82) is 0 Å².